The molecule has 1 heterocycles. The number of para-hydroxylation sites is 1. The fourth-order valence-corrected chi connectivity index (χ4v) is 2.18. The van der Waals surface area contributed by atoms with Crippen LogP contribution in [0.3, 0.4) is 0 Å². The van der Waals surface area contributed by atoms with E-state index in [1.807, 2.05) is 0 Å². The Morgan fingerprint density at radius 2 is 2.08 bits per heavy atom. The molecule has 1 nitrogen and oxygen atoms in total. The number of nitrogens with zero attached hydrogens (tertiary/aromatic N) is 1. The molecule has 0 N–H and O–H groups in total. The highest BCUT2D eigenvalue weighted by molar-refractivity contribution is 7.16. The third-order valence-electron chi connectivity index (χ3n) is 1.82. The molecule has 3 heteroatoms. The van der Waals surface area contributed by atoms with Crippen molar-refractivity contribution in [3.8, 4) is 0 Å². The number of hydrogen-bond donors (Lipinski definition) is 0. The smallest absolute Gasteiger partial charge is 0.225 e. The first-order valence-corrected chi connectivity index (χ1v) is 4.65. The molecule has 0 saturated heterocycles. The highest BCUT2D eigenvalue weighted by Gasteiger charge is 2.06. The summed E-state index contributed by atoms with van der Waals surface area (Å²) in [6.07, 6.45) is 0. The average molecular weight is 291 g/mol. The Morgan fingerprint density at radius 3 is 2.83 bits per heavy atom. The van der Waals surface area contributed by atoms with Gasteiger partial charge in [-0.05, 0) is 13.0 Å². The minimum absolute atomic E-state index is 0. The molecule has 0 fully saturated rings. The van der Waals surface area contributed by atoms with Crippen LogP contribution in [0.4, 0.5) is 0 Å². The first-order valence-electron chi connectivity index (χ1n) is 3.77. The molecule has 1 aromatic carbocycles. The number of halogens is 1. The second kappa shape index (κ2) is 4.18. The van der Waals surface area contributed by atoms with Gasteiger partial charge < -0.3 is 24.0 Å². The molecule has 0 radical (unpaired) electrons. The van der Waals surface area contributed by atoms with Crippen LogP contribution in [0.5, 0.6) is 0 Å². The van der Waals surface area contributed by atoms with Crippen LogP contribution in [0.15, 0.2) is 29.8 Å². The first kappa shape index (κ1) is 9.92. The lowest BCUT2D eigenvalue weighted by molar-refractivity contribution is -0.663. The van der Waals surface area contributed by atoms with E-state index < -0.39 is 0 Å². The Morgan fingerprint density at radius 1 is 1.33 bits per heavy atom. The summed E-state index contributed by atoms with van der Waals surface area (Å²) in [4.78, 5) is 0. The van der Waals surface area contributed by atoms with Crippen molar-refractivity contribution < 1.29 is 28.5 Å². The summed E-state index contributed by atoms with van der Waals surface area (Å²) in [5.74, 6) is 0. The second-order valence-corrected chi connectivity index (χ2v) is 3.36. The van der Waals surface area contributed by atoms with Crippen LogP contribution in [-0.2, 0) is 6.54 Å². The van der Waals surface area contributed by atoms with Gasteiger partial charge >= 0.3 is 0 Å². The van der Waals surface area contributed by atoms with Gasteiger partial charge in [-0.15, -0.1) is 0 Å². The van der Waals surface area contributed by atoms with Gasteiger partial charge in [-0.2, -0.15) is 4.57 Å². The Balaban J connectivity index is 0.000000720. The Hall–Kier alpha value is -0.160. The van der Waals surface area contributed by atoms with Crippen LogP contribution in [0.1, 0.15) is 6.92 Å². The summed E-state index contributed by atoms with van der Waals surface area (Å²) in [7, 11) is 0. The van der Waals surface area contributed by atoms with Gasteiger partial charge in [-0.25, -0.2) is 0 Å². The van der Waals surface area contributed by atoms with E-state index in [1.165, 1.54) is 10.2 Å². The first-order chi connectivity index (χ1) is 5.42. The molecule has 0 aliphatic rings. The van der Waals surface area contributed by atoms with Crippen LogP contribution < -0.4 is 28.5 Å². The Labute approximate surface area is 93.1 Å². The zero-order valence-electron chi connectivity index (χ0n) is 6.83. The summed E-state index contributed by atoms with van der Waals surface area (Å²) < 4.78 is 3.63. The van der Waals surface area contributed by atoms with Gasteiger partial charge in [-0.3, -0.25) is 0 Å². The molecule has 2 rings (SSSR count). The lowest BCUT2D eigenvalue weighted by atomic mass is 10.3. The van der Waals surface area contributed by atoms with Gasteiger partial charge in [0.05, 0.1) is 0 Å². The van der Waals surface area contributed by atoms with Crippen LogP contribution in [0.2, 0.25) is 0 Å². The molecule has 64 valence electrons. The molecule has 1 aromatic heterocycles. The van der Waals surface area contributed by atoms with E-state index in [2.05, 4.69) is 41.3 Å². The highest BCUT2D eigenvalue weighted by Crippen LogP contribution is 2.14. The minimum Gasteiger partial charge on any atom is -1.00 e. The molecule has 0 amide bonds. The van der Waals surface area contributed by atoms with Gasteiger partial charge in [0.2, 0.25) is 11.0 Å². The van der Waals surface area contributed by atoms with Crippen LogP contribution in [-0.4, -0.2) is 0 Å². The zero-order valence-corrected chi connectivity index (χ0v) is 9.80. The van der Waals surface area contributed by atoms with Crippen molar-refractivity contribution in [3.63, 3.8) is 0 Å². The van der Waals surface area contributed by atoms with E-state index in [9.17, 15) is 0 Å². The standard InChI is InChI=1S/C9H10NS.HI/c1-2-10-7-11-9-6-4-3-5-8(9)10;/h3-7H,2H2,1H3;1H/q+1;/p-1. The maximum Gasteiger partial charge on any atom is 0.225 e. The highest BCUT2D eigenvalue weighted by atomic mass is 127. The summed E-state index contributed by atoms with van der Waals surface area (Å²) in [5.41, 5.74) is 3.52. The molecule has 0 atom stereocenters. The van der Waals surface area contributed by atoms with E-state index in [0.717, 1.165) is 6.54 Å². The number of aryl methyl sites for hydroxylation is 1. The molecular formula is C9H10INS. The minimum atomic E-state index is 0. The summed E-state index contributed by atoms with van der Waals surface area (Å²) >= 11 is 1.80. The van der Waals surface area contributed by atoms with Crippen LogP contribution in [0, 0.1) is 0 Å². The summed E-state index contributed by atoms with van der Waals surface area (Å²) in [6.45, 7) is 3.23. The van der Waals surface area contributed by atoms with Gasteiger partial charge in [-0.1, -0.05) is 23.5 Å². The van der Waals surface area contributed by atoms with Crippen LogP contribution in [0.25, 0.3) is 10.2 Å². The van der Waals surface area contributed by atoms with Gasteiger partial charge in [0.25, 0.3) is 0 Å². The van der Waals surface area contributed by atoms with Gasteiger partial charge in [0.1, 0.15) is 11.2 Å². The van der Waals surface area contributed by atoms with Crippen molar-refractivity contribution in [1.82, 2.24) is 0 Å². The maximum atomic E-state index is 2.26. The summed E-state index contributed by atoms with van der Waals surface area (Å²) in [6, 6.07) is 8.49. The zero-order chi connectivity index (χ0) is 7.68. The van der Waals surface area contributed by atoms with Crippen molar-refractivity contribution in [2.45, 2.75) is 13.5 Å². The third-order valence-corrected chi connectivity index (χ3v) is 2.78. The fraction of sp³-hybridized carbons (Fsp3) is 0.222. The quantitative estimate of drug-likeness (QED) is 0.479. The van der Waals surface area contributed by atoms with Gasteiger partial charge in [0, 0.05) is 6.07 Å². The molecule has 0 saturated carbocycles. The Bertz CT molecular complexity index is 369. The number of rotatable bonds is 1. The van der Waals surface area contributed by atoms with Crippen molar-refractivity contribution in [3.05, 3.63) is 29.8 Å². The van der Waals surface area contributed by atoms with E-state index in [4.69, 9.17) is 0 Å². The molecule has 0 aliphatic carbocycles. The monoisotopic (exact) mass is 291 g/mol. The fourth-order valence-electron chi connectivity index (χ4n) is 1.22. The second-order valence-electron chi connectivity index (χ2n) is 2.48. The van der Waals surface area contributed by atoms with Crippen molar-refractivity contribution in [1.29, 1.82) is 0 Å². The lowest BCUT2D eigenvalue weighted by Crippen LogP contribution is -3.00. The molecule has 2 aromatic rings. The number of benzene rings is 1. The molecule has 0 aliphatic heterocycles. The topological polar surface area (TPSA) is 3.88 Å². The van der Waals surface area contributed by atoms with E-state index in [0.29, 0.717) is 0 Å². The maximum absolute atomic E-state index is 2.26. The molecule has 0 bridgehead atoms. The number of fused-ring (bicyclic) bond motifs is 1. The van der Waals surface area contributed by atoms with Crippen LogP contribution >= 0.6 is 11.3 Å². The molecule has 0 spiro atoms. The third kappa shape index (κ3) is 1.61. The molecule has 12 heavy (non-hydrogen) atoms. The van der Waals surface area contributed by atoms with Crippen molar-refractivity contribution >= 4 is 21.6 Å². The average Bonchev–Trinajstić information content (AvgIpc) is 2.47. The lowest BCUT2D eigenvalue weighted by Gasteiger charge is -1.85. The number of aromatic nitrogens is 1. The van der Waals surface area contributed by atoms with Crippen molar-refractivity contribution in [2.24, 2.45) is 0 Å². The van der Waals surface area contributed by atoms with E-state index >= 15 is 0 Å². The molecule has 0 unspecified atom stereocenters. The predicted octanol–water partition coefficient (Wildman–Crippen LogP) is -0.787. The van der Waals surface area contributed by atoms with E-state index in [1.54, 1.807) is 11.3 Å². The normalized spacial score (nSPS) is 9.75. The molecular weight excluding hydrogens is 281 g/mol. The van der Waals surface area contributed by atoms with Crippen molar-refractivity contribution in [2.75, 3.05) is 0 Å². The Kier molecular flexibility index (Phi) is 3.46. The number of hydrogen-bond acceptors (Lipinski definition) is 1. The largest absolute Gasteiger partial charge is 1.00 e. The SMILES string of the molecule is CC[n+]1csc2ccccc21.[I-]. The van der Waals surface area contributed by atoms with Gasteiger partial charge in [0.15, 0.2) is 0 Å². The summed E-state index contributed by atoms with van der Waals surface area (Å²) in [5, 5.41) is 0. The number of thiazole rings is 1. The van der Waals surface area contributed by atoms with E-state index in [-0.39, 0.29) is 24.0 Å². The predicted molar refractivity (Wildman–Crippen MR) is 47.7 cm³/mol.